The summed E-state index contributed by atoms with van der Waals surface area (Å²) in [6.45, 7) is 5.91. The fraction of sp³-hybridized carbons (Fsp3) is 0.448. The molecular weight excluding hydrogens is 578 g/mol. The number of phenols is 1. The molecule has 2 aromatic carbocycles. The number of nitrogens with one attached hydrogen (secondary N) is 3. The summed E-state index contributed by atoms with van der Waals surface area (Å²) in [4.78, 5) is 52.8. The van der Waals surface area contributed by atoms with Gasteiger partial charge in [-0.3, -0.25) is 14.4 Å². The number of halogens is 4. The van der Waals surface area contributed by atoms with Gasteiger partial charge < -0.3 is 30.9 Å². The topological polar surface area (TPSA) is 154 Å². The first-order valence-corrected chi connectivity index (χ1v) is 13.6. The van der Waals surface area contributed by atoms with E-state index >= 15 is 0 Å². The highest BCUT2D eigenvalue weighted by molar-refractivity contribution is 6.00. The molecule has 3 rings (SSSR count). The summed E-state index contributed by atoms with van der Waals surface area (Å²) in [6, 6.07) is 1.20. The largest absolute Gasteiger partial charge is 0.507 e. The lowest BCUT2D eigenvalue weighted by atomic mass is 9.90. The Kier molecular flexibility index (Phi) is 10.7. The predicted octanol–water partition coefficient (Wildman–Crippen LogP) is 2.25. The SMILES string of the molecule is CCC(C)C1NC(=O)[C@H](C)[C@H](O)[C@H](Cc2cc(F)c(F)c(F)c2F)NC(=O)[C@@H](NC(=O)c2ccccc2O)[C@@H](C)OC1=O. The van der Waals surface area contributed by atoms with E-state index in [4.69, 9.17) is 4.74 Å². The van der Waals surface area contributed by atoms with Crippen LogP contribution in [0.3, 0.4) is 0 Å². The Hall–Kier alpha value is -4.20. The predicted molar refractivity (Wildman–Crippen MR) is 143 cm³/mol. The molecule has 14 heteroatoms. The second-order valence-electron chi connectivity index (χ2n) is 10.5. The number of aliphatic hydroxyl groups is 1. The highest BCUT2D eigenvalue weighted by atomic mass is 19.2. The van der Waals surface area contributed by atoms with Gasteiger partial charge in [-0.2, -0.15) is 0 Å². The van der Waals surface area contributed by atoms with E-state index in [0.29, 0.717) is 12.5 Å². The van der Waals surface area contributed by atoms with Crippen LogP contribution in [0, 0.1) is 35.1 Å². The number of carbonyl (C=O) groups is 4. The molecule has 1 saturated heterocycles. The standard InChI is InChI=1S/C29H33F4N3O7/c1-5-12(2)23-29(42)43-14(4)24(36-27(40)16-8-6-7-9-19(16)37)28(41)34-18(25(38)13(3)26(39)35-23)11-15-10-17(30)21(32)22(33)20(15)31/h6-10,12-14,18,23-25,37-38H,5,11H2,1-4H3,(H,34,41)(H,35,39)(H,36,40)/t12?,13-,14-,18+,23?,24+,25+/m1/s1. The summed E-state index contributed by atoms with van der Waals surface area (Å²) in [7, 11) is 0. The number of rotatable bonds is 6. The van der Waals surface area contributed by atoms with Gasteiger partial charge in [-0.1, -0.05) is 39.3 Å². The molecule has 0 radical (unpaired) electrons. The number of cyclic esters (lactones) is 1. The van der Waals surface area contributed by atoms with Crippen molar-refractivity contribution in [3.8, 4) is 5.75 Å². The molecule has 234 valence electrons. The van der Waals surface area contributed by atoms with Crippen LogP contribution < -0.4 is 16.0 Å². The number of para-hydroxylation sites is 1. The van der Waals surface area contributed by atoms with E-state index in [1.165, 1.54) is 38.1 Å². The Morgan fingerprint density at radius 2 is 1.67 bits per heavy atom. The molecule has 7 atom stereocenters. The average Bonchev–Trinajstić information content (AvgIpc) is 2.97. The van der Waals surface area contributed by atoms with Crippen molar-refractivity contribution in [2.24, 2.45) is 11.8 Å². The zero-order chi connectivity index (χ0) is 32.2. The lowest BCUT2D eigenvalue weighted by Gasteiger charge is -2.34. The second-order valence-corrected chi connectivity index (χ2v) is 10.5. The number of ether oxygens (including phenoxy) is 1. The molecule has 43 heavy (non-hydrogen) atoms. The van der Waals surface area contributed by atoms with Crippen molar-refractivity contribution < 1.29 is 51.7 Å². The van der Waals surface area contributed by atoms with Gasteiger partial charge in [0, 0.05) is 0 Å². The highest BCUT2D eigenvalue weighted by Crippen LogP contribution is 2.23. The summed E-state index contributed by atoms with van der Waals surface area (Å²) < 4.78 is 61.7. The molecule has 1 aliphatic heterocycles. The van der Waals surface area contributed by atoms with Crippen LogP contribution in [0.15, 0.2) is 30.3 Å². The first-order valence-electron chi connectivity index (χ1n) is 13.6. The van der Waals surface area contributed by atoms with Gasteiger partial charge in [0.2, 0.25) is 11.8 Å². The van der Waals surface area contributed by atoms with E-state index in [0.717, 1.165) is 0 Å². The minimum Gasteiger partial charge on any atom is -0.507 e. The van der Waals surface area contributed by atoms with Crippen molar-refractivity contribution in [1.82, 2.24) is 16.0 Å². The third kappa shape index (κ3) is 7.42. The molecule has 2 unspecified atom stereocenters. The van der Waals surface area contributed by atoms with Gasteiger partial charge in [0.15, 0.2) is 23.3 Å². The molecule has 0 aliphatic carbocycles. The second kappa shape index (κ2) is 13.8. The third-order valence-corrected chi connectivity index (χ3v) is 7.54. The monoisotopic (exact) mass is 611 g/mol. The van der Waals surface area contributed by atoms with Crippen LogP contribution in [0.1, 0.15) is 50.0 Å². The van der Waals surface area contributed by atoms with E-state index < -0.39 is 107 Å². The van der Waals surface area contributed by atoms with Gasteiger partial charge >= 0.3 is 5.97 Å². The molecule has 0 aromatic heterocycles. The van der Waals surface area contributed by atoms with Gasteiger partial charge in [0.25, 0.3) is 5.91 Å². The summed E-state index contributed by atoms with van der Waals surface area (Å²) in [5.74, 6) is -13.8. The van der Waals surface area contributed by atoms with Crippen LogP contribution in [0.25, 0.3) is 0 Å². The van der Waals surface area contributed by atoms with Gasteiger partial charge in [-0.05, 0) is 43.0 Å². The lowest BCUT2D eigenvalue weighted by Crippen LogP contribution is -2.61. The van der Waals surface area contributed by atoms with Crippen molar-refractivity contribution in [3.63, 3.8) is 0 Å². The minimum absolute atomic E-state index is 0.228. The molecule has 1 aliphatic rings. The van der Waals surface area contributed by atoms with Crippen LogP contribution in [-0.4, -0.2) is 64.2 Å². The van der Waals surface area contributed by atoms with Gasteiger partial charge in [-0.15, -0.1) is 0 Å². The Morgan fingerprint density at radius 3 is 2.30 bits per heavy atom. The first kappa shape index (κ1) is 33.3. The Labute approximate surface area is 244 Å². The van der Waals surface area contributed by atoms with Crippen LogP contribution in [-0.2, 0) is 25.5 Å². The van der Waals surface area contributed by atoms with Crippen molar-refractivity contribution in [3.05, 3.63) is 64.7 Å². The van der Waals surface area contributed by atoms with Crippen LogP contribution in [0.2, 0.25) is 0 Å². The van der Waals surface area contributed by atoms with Gasteiger partial charge in [-0.25, -0.2) is 22.4 Å². The van der Waals surface area contributed by atoms with E-state index in [-0.39, 0.29) is 5.56 Å². The number of esters is 1. The van der Waals surface area contributed by atoms with E-state index in [9.17, 15) is 47.0 Å². The van der Waals surface area contributed by atoms with Gasteiger partial charge in [0.1, 0.15) is 23.9 Å². The van der Waals surface area contributed by atoms with Gasteiger partial charge in [0.05, 0.1) is 23.6 Å². The zero-order valence-electron chi connectivity index (χ0n) is 23.8. The fourth-order valence-electron chi connectivity index (χ4n) is 4.60. The zero-order valence-corrected chi connectivity index (χ0v) is 23.8. The molecule has 2 aromatic rings. The number of benzene rings is 2. The van der Waals surface area contributed by atoms with E-state index in [2.05, 4.69) is 16.0 Å². The Bertz CT molecular complexity index is 1390. The maximum atomic E-state index is 14.6. The maximum Gasteiger partial charge on any atom is 0.329 e. The smallest absolute Gasteiger partial charge is 0.329 e. The number of hydrogen-bond donors (Lipinski definition) is 5. The molecule has 1 fully saturated rings. The van der Waals surface area contributed by atoms with Crippen LogP contribution >= 0.6 is 0 Å². The van der Waals surface area contributed by atoms with Crippen molar-refractivity contribution in [1.29, 1.82) is 0 Å². The van der Waals surface area contributed by atoms with Crippen molar-refractivity contribution >= 4 is 23.7 Å². The lowest BCUT2D eigenvalue weighted by molar-refractivity contribution is -0.157. The normalized spacial score (nSPS) is 25.8. The summed E-state index contributed by atoms with van der Waals surface area (Å²) in [6.07, 6.45) is -3.65. The minimum atomic E-state index is -2.11. The molecule has 0 spiro atoms. The molecule has 5 N–H and O–H groups in total. The summed E-state index contributed by atoms with van der Waals surface area (Å²) >= 11 is 0. The molecule has 0 saturated carbocycles. The number of aliphatic hydroxyl groups excluding tert-OH is 1. The average molecular weight is 612 g/mol. The Balaban J connectivity index is 2.08. The first-order chi connectivity index (χ1) is 20.2. The Morgan fingerprint density at radius 1 is 1.02 bits per heavy atom. The summed E-state index contributed by atoms with van der Waals surface area (Å²) in [5.41, 5.74) is -0.985. The molecule has 3 amide bonds. The fourth-order valence-corrected chi connectivity index (χ4v) is 4.60. The quantitative estimate of drug-likeness (QED) is 0.145. The van der Waals surface area contributed by atoms with E-state index in [1.54, 1.807) is 13.8 Å². The van der Waals surface area contributed by atoms with Crippen LogP contribution in [0.4, 0.5) is 17.6 Å². The molecular formula is C29H33F4N3O7. The number of hydrogen-bond acceptors (Lipinski definition) is 7. The van der Waals surface area contributed by atoms with E-state index in [1.807, 2.05) is 0 Å². The number of amides is 3. The number of phenolic OH excluding ortho intramolecular Hbond substituents is 1. The third-order valence-electron chi connectivity index (χ3n) is 7.54. The van der Waals surface area contributed by atoms with Crippen molar-refractivity contribution in [2.75, 3.05) is 0 Å². The summed E-state index contributed by atoms with van der Waals surface area (Å²) in [5, 5.41) is 28.5. The maximum absolute atomic E-state index is 14.6. The highest BCUT2D eigenvalue weighted by Gasteiger charge is 2.40. The number of aromatic hydroxyl groups is 1. The molecule has 10 nitrogen and oxygen atoms in total. The van der Waals surface area contributed by atoms with Crippen LogP contribution in [0.5, 0.6) is 5.75 Å². The van der Waals surface area contributed by atoms with Crippen molar-refractivity contribution in [2.45, 2.75) is 70.9 Å². The molecule has 0 bridgehead atoms. The molecule has 1 heterocycles. The number of carbonyl (C=O) groups excluding carboxylic acids is 4.